The van der Waals surface area contributed by atoms with Crippen LogP contribution in [0.5, 0.6) is 0 Å². The van der Waals surface area contributed by atoms with Gasteiger partial charge in [-0.15, -0.1) is 0 Å². The molecule has 1 saturated carbocycles. The molecule has 1 aliphatic carbocycles. The standard InChI is InChI=1S/C14H14I2O2/c15-9-6-7-12(16)11(8-9)14(18)10-4-2-1-3-5-13(10)17/h6-8,10H,1-5H2. The fourth-order valence-electron chi connectivity index (χ4n) is 2.31. The van der Waals surface area contributed by atoms with E-state index in [1.165, 1.54) is 0 Å². The van der Waals surface area contributed by atoms with E-state index in [0.29, 0.717) is 12.0 Å². The van der Waals surface area contributed by atoms with Crippen molar-refractivity contribution in [3.05, 3.63) is 30.9 Å². The largest absolute Gasteiger partial charge is 0.299 e. The van der Waals surface area contributed by atoms with Gasteiger partial charge in [-0.05, 0) is 76.2 Å². The van der Waals surface area contributed by atoms with Gasteiger partial charge < -0.3 is 0 Å². The fourth-order valence-corrected chi connectivity index (χ4v) is 3.40. The SMILES string of the molecule is O=C1CCCCCC1C(=O)c1cc(I)ccc1I. The molecule has 0 saturated heterocycles. The molecule has 0 radical (unpaired) electrons. The Bertz CT molecular complexity index is 483. The van der Waals surface area contributed by atoms with Crippen LogP contribution in [0.25, 0.3) is 0 Å². The first-order valence-corrected chi connectivity index (χ1v) is 8.27. The second kappa shape index (κ2) is 6.45. The van der Waals surface area contributed by atoms with Crippen LogP contribution in [0.4, 0.5) is 0 Å². The van der Waals surface area contributed by atoms with Crippen LogP contribution in [0.1, 0.15) is 42.5 Å². The third-order valence-corrected chi connectivity index (χ3v) is 4.93. The van der Waals surface area contributed by atoms with E-state index in [2.05, 4.69) is 45.2 Å². The first kappa shape index (κ1) is 14.4. The lowest BCUT2D eigenvalue weighted by atomic mass is 9.90. The van der Waals surface area contributed by atoms with Crippen molar-refractivity contribution < 1.29 is 9.59 Å². The normalized spacial score (nSPS) is 20.6. The molecule has 1 unspecified atom stereocenters. The average Bonchev–Trinajstić information content (AvgIpc) is 2.56. The van der Waals surface area contributed by atoms with Gasteiger partial charge in [0.05, 0.1) is 5.92 Å². The number of ketones is 2. The lowest BCUT2D eigenvalue weighted by Gasteiger charge is -2.13. The minimum absolute atomic E-state index is 0.0183. The molecule has 0 aliphatic heterocycles. The van der Waals surface area contributed by atoms with Crippen LogP contribution in [-0.4, -0.2) is 11.6 Å². The molecule has 0 aromatic heterocycles. The van der Waals surface area contributed by atoms with Gasteiger partial charge in [0.15, 0.2) is 5.78 Å². The summed E-state index contributed by atoms with van der Waals surface area (Å²) in [6.45, 7) is 0. The summed E-state index contributed by atoms with van der Waals surface area (Å²) in [5.41, 5.74) is 0.711. The molecule has 18 heavy (non-hydrogen) atoms. The van der Waals surface area contributed by atoms with Gasteiger partial charge in [-0.3, -0.25) is 9.59 Å². The Morgan fingerprint density at radius 2 is 1.94 bits per heavy atom. The number of benzene rings is 1. The number of hydrogen-bond acceptors (Lipinski definition) is 2. The summed E-state index contributed by atoms with van der Waals surface area (Å²) >= 11 is 4.37. The van der Waals surface area contributed by atoms with E-state index >= 15 is 0 Å². The smallest absolute Gasteiger partial charge is 0.174 e. The van der Waals surface area contributed by atoms with Gasteiger partial charge in [0.2, 0.25) is 0 Å². The summed E-state index contributed by atoms with van der Waals surface area (Å²) < 4.78 is 1.98. The monoisotopic (exact) mass is 468 g/mol. The van der Waals surface area contributed by atoms with E-state index < -0.39 is 5.92 Å². The zero-order valence-electron chi connectivity index (χ0n) is 9.92. The van der Waals surface area contributed by atoms with Crippen LogP contribution < -0.4 is 0 Å². The Morgan fingerprint density at radius 3 is 2.72 bits per heavy atom. The van der Waals surface area contributed by atoms with Gasteiger partial charge in [0.1, 0.15) is 5.78 Å². The predicted molar refractivity (Wildman–Crippen MR) is 87.8 cm³/mol. The van der Waals surface area contributed by atoms with Crippen molar-refractivity contribution in [1.29, 1.82) is 0 Å². The van der Waals surface area contributed by atoms with Crippen molar-refractivity contribution in [2.75, 3.05) is 0 Å². The van der Waals surface area contributed by atoms with Crippen LogP contribution >= 0.6 is 45.2 Å². The molecule has 0 spiro atoms. The van der Waals surface area contributed by atoms with Crippen LogP contribution in [0.2, 0.25) is 0 Å². The van der Waals surface area contributed by atoms with Crippen molar-refractivity contribution in [1.82, 2.24) is 0 Å². The number of rotatable bonds is 2. The van der Waals surface area contributed by atoms with Crippen molar-refractivity contribution in [3.8, 4) is 0 Å². The van der Waals surface area contributed by atoms with Crippen LogP contribution in [0.15, 0.2) is 18.2 Å². The summed E-state index contributed by atoms with van der Waals surface area (Å²) in [7, 11) is 0. The second-order valence-electron chi connectivity index (χ2n) is 4.61. The predicted octanol–water partition coefficient (Wildman–Crippen LogP) is 4.23. The van der Waals surface area contributed by atoms with E-state index in [9.17, 15) is 9.59 Å². The minimum Gasteiger partial charge on any atom is -0.299 e. The molecule has 2 nitrogen and oxygen atoms in total. The number of carbonyl (C=O) groups excluding carboxylic acids is 2. The van der Waals surface area contributed by atoms with Gasteiger partial charge >= 0.3 is 0 Å². The molecule has 1 aromatic carbocycles. The third-order valence-electron chi connectivity index (χ3n) is 3.31. The van der Waals surface area contributed by atoms with E-state index in [-0.39, 0.29) is 11.6 Å². The summed E-state index contributed by atoms with van der Waals surface area (Å²) in [6, 6.07) is 5.81. The Morgan fingerprint density at radius 1 is 1.17 bits per heavy atom. The molecule has 1 atom stereocenters. The number of hydrogen-bond donors (Lipinski definition) is 0. The minimum atomic E-state index is -0.404. The van der Waals surface area contributed by atoms with Crippen molar-refractivity contribution in [2.45, 2.75) is 32.1 Å². The summed E-state index contributed by atoms with van der Waals surface area (Å²) in [5, 5.41) is 0. The van der Waals surface area contributed by atoms with Crippen molar-refractivity contribution in [2.24, 2.45) is 5.92 Å². The molecule has 0 N–H and O–H groups in total. The molecule has 0 heterocycles. The number of Topliss-reactive ketones (excluding diaryl/α,β-unsaturated/α-hetero) is 2. The maximum atomic E-state index is 12.5. The lowest BCUT2D eigenvalue weighted by molar-refractivity contribution is -0.121. The van der Waals surface area contributed by atoms with Gasteiger partial charge in [0.25, 0.3) is 0 Å². The molecule has 0 bridgehead atoms. The summed E-state index contributed by atoms with van der Waals surface area (Å²) in [6.07, 6.45) is 4.28. The highest BCUT2D eigenvalue weighted by atomic mass is 127. The van der Waals surface area contributed by atoms with E-state index in [1.807, 2.05) is 18.2 Å². The van der Waals surface area contributed by atoms with E-state index in [0.717, 1.165) is 32.8 Å². The average molecular weight is 468 g/mol. The molecule has 2 rings (SSSR count). The Hall–Kier alpha value is 0.0200. The fraction of sp³-hybridized carbons (Fsp3) is 0.429. The van der Waals surface area contributed by atoms with E-state index in [1.54, 1.807) is 0 Å². The van der Waals surface area contributed by atoms with Crippen LogP contribution in [0, 0.1) is 13.1 Å². The number of halogens is 2. The van der Waals surface area contributed by atoms with Crippen molar-refractivity contribution in [3.63, 3.8) is 0 Å². The molecule has 1 aliphatic rings. The Balaban J connectivity index is 2.29. The maximum absolute atomic E-state index is 12.5. The third kappa shape index (κ3) is 3.31. The molecular weight excluding hydrogens is 454 g/mol. The number of carbonyl (C=O) groups is 2. The van der Waals surface area contributed by atoms with Crippen LogP contribution in [-0.2, 0) is 4.79 Å². The highest BCUT2D eigenvalue weighted by Crippen LogP contribution is 2.26. The molecular formula is C14H14I2O2. The first-order valence-electron chi connectivity index (χ1n) is 6.11. The maximum Gasteiger partial charge on any atom is 0.174 e. The zero-order chi connectivity index (χ0) is 13.1. The topological polar surface area (TPSA) is 34.1 Å². The quantitative estimate of drug-likeness (QED) is 0.282. The Labute approximate surface area is 134 Å². The molecule has 4 heteroatoms. The molecule has 1 aromatic rings. The zero-order valence-corrected chi connectivity index (χ0v) is 14.2. The lowest BCUT2D eigenvalue weighted by Crippen LogP contribution is -2.23. The summed E-state index contributed by atoms with van der Waals surface area (Å²) in [5.74, 6) is -0.254. The molecule has 96 valence electrons. The van der Waals surface area contributed by atoms with Gasteiger partial charge in [-0.2, -0.15) is 0 Å². The second-order valence-corrected chi connectivity index (χ2v) is 7.01. The molecule has 1 fully saturated rings. The van der Waals surface area contributed by atoms with Gasteiger partial charge in [-0.25, -0.2) is 0 Å². The van der Waals surface area contributed by atoms with Gasteiger partial charge in [-0.1, -0.05) is 12.8 Å². The first-order chi connectivity index (χ1) is 8.59. The summed E-state index contributed by atoms with van der Waals surface area (Å²) in [4.78, 5) is 24.5. The highest BCUT2D eigenvalue weighted by Gasteiger charge is 2.29. The molecule has 0 amide bonds. The van der Waals surface area contributed by atoms with Gasteiger partial charge in [0, 0.05) is 19.1 Å². The van der Waals surface area contributed by atoms with Crippen LogP contribution in [0.3, 0.4) is 0 Å². The van der Waals surface area contributed by atoms with Crippen molar-refractivity contribution >= 4 is 56.7 Å². The van der Waals surface area contributed by atoms with E-state index in [4.69, 9.17) is 0 Å². The Kier molecular flexibility index (Phi) is 5.17. The highest BCUT2D eigenvalue weighted by molar-refractivity contribution is 14.1.